The van der Waals surface area contributed by atoms with Crippen molar-refractivity contribution < 1.29 is 24.0 Å². The minimum atomic E-state index is -1.78. The Morgan fingerprint density at radius 2 is 1.90 bits per heavy atom. The fraction of sp³-hybridized carbons (Fsp3) is 0.190. The van der Waals surface area contributed by atoms with Gasteiger partial charge in [0.15, 0.2) is 11.9 Å². The molecule has 8 nitrogen and oxygen atoms in total. The van der Waals surface area contributed by atoms with Crippen LogP contribution < -0.4 is 5.73 Å². The van der Waals surface area contributed by atoms with Crippen molar-refractivity contribution in [1.29, 1.82) is 0 Å². The van der Waals surface area contributed by atoms with Crippen molar-refractivity contribution in [3.8, 4) is 11.3 Å². The minimum Gasteiger partial charge on any atom is -0.466 e. The number of ether oxygens (including phenoxy) is 1. The number of nitrogen functional groups attached to an aromatic ring is 1. The lowest BCUT2D eigenvalue weighted by molar-refractivity contribution is -0.184. The summed E-state index contributed by atoms with van der Waals surface area (Å²) in [6, 6.07) is 17.9. The van der Waals surface area contributed by atoms with Gasteiger partial charge in [-0.15, -0.1) is 0 Å². The van der Waals surface area contributed by atoms with Gasteiger partial charge in [-0.05, 0) is 17.7 Å². The Labute approximate surface area is 166 Å². The van der Waals surface area contributed by atoms with Crippen LogP contribution in [0, 0.1) is 0 Å². The quantitative estimate of drug-likeness (QED) is 0.505. The average molecular weight is 393 g/mol. The normalized spacial score (nSPS) is 19.3. The van der Waals surface area contributed by atoms with Gasteiger partial charge in [0.25, 0.3) is 5.60 Å². The molecule has 2 heterocycles. The van der Waals surface area contributed by atoms with E-state index in [1.165, 1.54) is 7.11 Å². The van der Waals surface area contributed by atoms with Gasteiger partial charge in [-0.3, -0.25) is 0 Å². The molecule has 1 aliphatic heterocycles. The van der Waals surface area contributed by atoms with Crippen molar-refractivity contribution in [2.75, 3.05) is 12.8 Å². The van der Waals surface area contributed by atoms with Gasteiger partial charge in [0.1, 0.15) is 5.69 Å². The summed E-state index contributed by atoms with van der Waals surface area (Å²) in [6.45, 7) is 0. The van der Waals surface area contributed by atoms with Gasteiger partial charge in [-0.2, -0.15) is 0 Å². The van der Waals surface area contributed by atoms with Gasteiger partial charge in [-0.25, -0.2) is 4.79 Å². The standard InChI is InChI=1S/C21H19N3O5/c1-27-20(26)21(12-17(24-29-21)14-7-9-15(22)10-8-14)19(25)18-11-16(23-28-18)13-5-3-2-4-6-13/h2-11,19,25H,12,22H2,1H3/t19-,21-/m0/s1. The number of nitrogens with two attached hydrogens (primary N) is 1. The van der Waals surface area contributed by atoms with Crippen molar-refractivity contribution in [2.45, 2.75) is 18.1 Å². The lowest BCUT2D eigenvalue weighted by atomic mass is 9.87. The van der Waals surface area contributed by atoms with E-state index in [1.807, 2.05) is 30.3 Å². The Morgan fingerprint density at radius 3 is 2.59 bits per heavy atom. The monoisotopic (exact) mass is 393 g/mol. The maximum absolute atomic E-state index is 12.6. The number of benzene rings is 2. The summed E-state index contributed by atoms with van der Waals surface area (Å²) in [5.41, 5.74) is 7.08. The van der Waals surface area contributed by atoms with E-state index in [2.05, 4.69) is 10.3 Å². The summed E-state index contributed by atoms with van der Waals surface area (Å²) >= 11 is 0. The van der Waals surface area contributed by atoms with Crippen LogP contribution in [-0.4, -0.2) is 34.7 Å². The number of nitrogens with zero attached hydrogens (tertiary/aromatic N) is 2. The second-order valence-electron chi connectivity index (χ2n) is 6.69. The Kier molecular flexibility index (Phi) is 4.77. The zero-order valence-corrected chi connectivity index (χ0v) is 15.6. The first-order valence-corrected chi connectivity index (χ1v) is 8.93. The molecule has 0 spiro atoms. The highest BCUT2D eigenvalue weighted by molar-refractivity contribution is 6.05. The molecule has 0 unspecified atom stereocenters. The topological polar surface area (TPSA) is 120 Å². The molecule has 2 aromatic carbocycles. The lowest BCUT2D eigenvalue weighted by Crippen LogP contribution is -2.45. The van der Waals surface area contributed by atoms with E-state index in [0.29, 0.717) is 17.1 Å². The van der Waals surface area contributed by atoms with E-state index >= 15 is 0 Å². The summed E-state index contributed by atoms with van der Waals surface area (Å²) in [7, 11) is 1.22. The third-order valence-electron chi connectivity index (χ3n) is 4.83. The number of esters is 1. The number of carbonyl (C=O) groups is 1. The smallest absolute Gasteiger partial charge is 0.356 e. The summed E-state index contributed by atoms with van der Waals surface area (Å²) < 4.78 is 10.2. The molecule has 1 aliphatic rings. The maximum atomic E-state index is 12.6. The molecule has 4 rings (SSSR count). The summed E-state index contributed by atoms with van der Waals surface area (Å²) in [6.07, 6.45) is -1.48. The number of anilines is 1. The number of oxime groups is 1. The molecule has 3 aromatic rings. The molecule has 0 radical (unpaired) electrons. The first-order valence-electron chi connectivity index (χ1n) is 8.93. The molecule has 148 valence electrons. The van der Waals surface area contributed by atoms with Crippen LogP contribution in [0.4, 0.5) is 5.69 Å². The zero-order chi connectivity index (χ0) is 20.4. The average Bonchev–Trinajstić information content (AvgIpc) is 3.43. The molecule has 0 saturated heterocycles. The van der Waals surface area contributed by atoms with Crippen LogP contribution in [0.25, 0.3) is 11.3 Å². The van der Waals surface area contributed by atoms with E-state index in [0.717, 1.165) is 11.1 Å². The van der Waals surface area contributed by atoms with Crippen LogP contribution in [0.2, 0.25) is 0 Å². The fourth-order valence-corrected chi connectivity index (χ4v) is 3.21. The third-order valence-corrected chi connectivity index (χ3v) is 4.83. The highest BCUT2D eigenvalue weighted by atomic mass is 16.7. The molecule has 0 bridgehead atoms. The zero-order valence-electron chi connectivity index (χ0n) is 15.6. The Morgan fingerprint density at radius 1 is 1.17 bits per heavy atom. The van der Waals surface area contributed by atoms with Crippen molar-refractivity contribution >= 4 is 17.4 Å². The van der Waals surface area contributed by atoms with Gasteiger partial charge in [-0.1, -0.05) is 52.8 Å². The highest BCUT2D eigenvalue weighted by Crippen LogP contribution is 2.40. The maximum Gasteiger partial charge on any atom is 0.356 e. The first-order chi connectivity index (χ1) is 14.0. The van der Waals surface area contributed by atoms with Gasteiger partial charge < -0.3 is 24.9 Å². The number of aliphatic hydroxyl groups is 1. The summed E-state index contributed by atoms with van der Waals surface area (Å²) in [5.74, 6) is -0.695. The molecule has 1 aromatic heterocycles. The molecule has 3 N–H and O–H groups in total. The van der Waals surface area contributed by atoms with Crippen molar-refractivity contribution in [3.63, 3.8) is 0 Å². The number of carbonyl (C=O) groups excluding carboxylic acids is 1. The van der Waals surface area contributed by atoms with E-state index in [1.54, 1.807) is 30.3 Å². The van der Waals surface area contributed by atoms with E-state index in [9.17, 15) is 9.90 Å². The van der Waals surface area contributed by atoms with Crippen LogP contribution in [-0.2, 0) is 14.4 Å². The lowest BCUT2D eigenvalue weighted by Gasteiger charge is -2.26. The number of aliphatic hydroxyl groups excluding tert-OH is 1. The number of hydrogen-bond donors (Lipinski definition) is 2. The number of aromatic nitrogens is 1. The molecule has 29 heavy (non-hydrogen) atoms. The van der Waals surface area contributed by atoms with Gasteiger partial charge >= 0.3 is 5.97 Å². The van der Waals surface area contributed by atoms with Gasteiger partial charge in [0.2, 0.25) is 0 Å². The van der Waals surface area contributed by atoms with Gasteiger partial charge in [0.05, 0.1) is 19.2 Å². The largest absolute Gasteiger partial charge is 0.466 e. The predicted octanol–water partition coefficient (Wildman–Crippen LogP) is 2.69. The Balaban J connectivity index is 1.63. The third kappa shape index (κ3) is 3.34. The van der Waals surface area contributed by atoms with Crippen molar-refractivity contribution in [3.05, 3.63) is 72.0 Å². The molecule has 0 fully saturated rings. The van der Waals surface area contributed by atoms with Gasteiger partial charge in [0, 0.05) is 17.3 Å². The van der Waals surface area contributed by atoms with E-state index in [-0.39, 0.29) is 12.2 Å². The molecule has 0 amide bonds. The molecular formula is C21H19N3O5. The Hall–Kier alpha value is -3.65. The molecule has 8 heteroatoms. The number of methoxy groups -OCH3 is 1. The second-order valence-corrected chi connectivity index (χ2v) is 6.69. The van der Waals surface area contributed by atoms with Crippen LogP contribution in [0.5, 0.6) is 0 Å². The number of rotatable bonds is 5. The first kappa shape index (κ1) is 18.7. The van der Waals surface area contributed by atoms with Crippen molar-refractivity contribution in [2.24, 2.45) is 5.16 Å². The summed E-state index contributed by atoms with van der Waals surface area (Å²) in [5, 5.41) is 19.0. The number of hydrogen-bond acceptors (Lipinski definition) is 8. The van der Waals surface area contributed by atoms with Crippen LogP contribution in [0.15, 0.2) is 70.3 Å². The fourth-order valence-electron chi connectivity index (χ4n) is 3.21. The predicted molar refractivity (Wildman–Crippen MR) is 105 cm³/mol. The minimum absolute atomic E-state index is 0.00781. The Bertz CT molecular complexity index is 1050. The molecule has 2 atom stereocenters. The summed E-state index contributed by atoms with van der Waals surface area (Å²) in [4.78, 5) is 18.1. The van der Waals surface area contributed by atoms with Crippen LogP contribution in [0.1, 0.15) is 23.8 Å². The van der Waals surface area contributed by atoms with E-state index in [4.69, 9.17) is 19.8 Å². The van der Waals surface area contributed by atoms with Crippen LogP contribution >= 0.6 is 0 Å². The molecular weight excluding hydrogens is 374 g/mol. The molecule has 0 aliphatic carbocycles. The van der Waals surface area contributed by atoms with E-state index < -0.39 is 17.7 Å². The highest BCUT2D eigenvalue weighted by Gasteiger charge is 2.56. The SMILES string of the molecule is COC(=O)[C@@]1([C@@H](O)c2cc(-c3ccccc3)no2)CC(c2ccc(N)cc2)=NO1. The molecule has 0 saturated carbocycles. The second kappa shape index (κ2) is 7.40. The van der Waals surface area contributed by atoms with Crippen molar-refractivity contribution in [1.82, 2.24) is 5.16 Å². The van der Waals surface area contributed by atoms with Crippen LogP contribution in [0.3, 0.4) is 0 Å².